The average molecular weight is 315 g/mol. The van der Waals surface area contributed by atoms with Crippen LogP contribution in [0.3, 0.4) is 0 Å². The zero-order valence-electron chi connectivity index (χ0n) is 13.0. The van der Waals surface area contributed by atoms with E-state index >= 15 is 0 Å². The van der Waals surface area contributed by atoms with Crippen LogP contribution in [0, 0.1) is 0 Å². The van der Waals surface area contributed by atoms with Crippen molar-refractivity contribution >= 4 is 11.6 Å². The summed E-state index contributed by atoms with van der Waals surface area (Å²) in [6, 6.07) is 19.6. The van der Waals surface area contributed by atoms with E-state index < -0.39 is 0 Å². The van der Waals surface area contributed by atoms with E-state index in [1.54, 1.807) is 0 Å². The monoisotopic (exact) mass is 314 g/mol. The Bertz CT molecular complexity index is 582. The number of nitrogens with one attached hydrogen (secondary N) is 1. The predicted octanol–water partition coefficient (Wildman–Crippen LogP) is 4.11. The number of nitrogens with zero attached hydrogens (tertiary/aromatic N) is 1. The Balaban J connectivity index is 1.84. The molecule has 1 aliphatic heterocycles. The maximum atomic E-state index is 6.05. The van der Waals surface area contributed by atoms with Gasteiger partial charge in [-0.25, -0.2) is 0 Å². The number of likely N-dealkylation sites (tertiary alicyclic amines) is 1. The van der Waals surface area contributed by atoms with Gasteiger partial charge in [0.1, 0.15) is 0 Å². The molecule has 1 heterocycles. The lowest BCUT2D eigenvalue weighted by atomic mass is 9.96. The standard InChI is InChI=1S/C19H23ClN2/c1-22-13-5-8-18(14-22)21-19(15-6-3-2-4-7-15)16-9-11-17(20)12-10-16/h2-4,6-7,9-12,18-19,21H,5,8,13-14H2,1H3/t18-,19-/m1/s1. The normalized spacial score (nSPS) is 20.7. The second kappa shape index (κ2) is 7.28. The van der Waals surface area contributed by atoms with Gasteiger partial charge in [-0.2, -0.15) is 0 Å². The molecular formula is C19H23ClN2. The Morgan fingerprint density at radius 1 is 1.05 bits per heavy atom. The van der Waals surface area contributed by atoms with E-state index in [4.69, 9.17) is 11.6 Å². The fourth-order valence-electron chi connectivity index (χ4n) is 3.22. The molecule has 3 rings (SSSR count). The van der Waals surface area contributed by atoms with Gasteiger partial charge in [0.15, 0.2) is 0 Å². The van der Waals surface area contributed by atoms with Crippen LogP contribution in [-0.4, -0.2) is 31.1 Å². The molecule has 3 heteroatoms. The van der Waals surface area contributed by atoms with Crippen LogP contribution in [0.1, 0.15) is 30.0 Å². The first kappa shape index (κ1) is 15.5. The number of likely N-dealkylation sites (N-methyl/N-ethyl adjacent to an activating group) is 1. The van der Waals surface area contributed by atoms with Gasteiger partial charge in [-0.1, -0.05) is 54.1 Å². The average Bonchev–Trinajstić information content (AvgIpc) is 2.55. The molecule has 1 N–H and O–H groups in total. The number of benzene rings is 2. The summed E-state index contributed by atoms with van der Waals surface area (Å²) in [5.41, 5.74) is 2.57. The first-order chi connectivity index (χ1) is 10.7. The lowest BCUT2D eigenvalue weighted by Gasteiger charge is -2.33. The molecule has 0 unspecified atom stereocenters. The zero-order chi connectivity index (χ0) is 15.4. The quantitative estimate of drug-likeness (QED) is 0.913. The highest BCUT2D eigenvalue weighted by atomic mass is 35.5. The Hall–Kier alpha value is -1.35. The van der Waals surface area contributed by atoms with E-state index in [2.05, 4.69) is 59.7 Å². The van der Waals surface area contributed by atoms with E-state index in [-0.39, 0.29) is 6.04 Å². The fourth-order valence-corrected chi connectivity index (χ4v) is 3.35. The number of hydrogen-bond acceptors (Lipinski definition) is 2. The number of piperidine rings is 1. The molecule has 2 atom stereocenters. The number of hydrogen-bond donors (Lipinski definition) is 1. The second-order valence-electron chi connectivity index (χ2n) is 6.16. The molecule has 1 aliphatic rings. The molecule has 116 valence electrons. The van der Waals surface area contributed by atoms with Crippen molar-refractivity contribution in [1.29, 1.82) is 0 Å². The van der Waals surface area contributed by atoms with Crippen LogP contribution in [0.2, 0.25) is 5.02 Å². The van der Waals surface area contributed by atoms with Crippen LogP contribution < -0.4 is 5.32 Å². The molecule has 0 amide bonds. The summed E-state index contributed by atoms with van der Waals surface area (Å²) < 4.78 is 0. The van der Waals surface area contributed by atoms with Crippen molar-refractivity contribution in [2.75, 3.05) is 20.1 Å². The lowest BCUT2D eigenvalue weighted by molar-refractivity contribution is 0.221. The van der Waals surface area contributed by atoms with Crippen molar-refractivity contribution in [1.82, 2.24) is 10.2 Å². The van der Waals surface area contributed by atoms with Crippen molar-refractivity contribution in [3.8, 4) is 0 Å². The predicted molar refractivity (Wildman–Crippen MR) is 93.4 cm³/mol. The van der Waals surface area contributed by atoms with Gasteiger partial charge in [-0.05, 0) is 49.7 Å². The molecule has 0 saturated carbocycles. The lowest BCUT2D eigenvalue weighted by Crippen LogP contribution is -2.45. The highest BCUT2D eigenvalue weighted by Crippen LogP contribution is 2.25. The van der Waals surface area contributed by atoms with E-state index in [0.717, 1.165) is 11.6 Å². The molecule has 2 aromatic rings. The van der Waals surface area contributed by atoms with Gasteiger partial charge in [-0.15, -0.1) is 0 Å². The summed E-state index contributed by atoms with van der Waals surface area (Å²) in [7, 11) is 2.20. The molecule has 1 fully saturated rings. The molecule has 2 nitrogen and oxygen atoms in total. The largest absolute Gasteiger partial charge is 0.305 e. The molecular weight excluding hydrogens is 292 g/mol. The second-order valence-corrected chi connectivity index (χ2v) is 6.60. The van der Waals surface area contributed by atoms with Crippen molar-refractivity contribution in [2.24, 2.45) is 0 Å². The highest BCUT2D eigenvalue weighted by Gasteiger charge is 2.22. The Kier molecular flexibility index (Phi) is 5.14. The van der Waals surface area contributed by atoms with E-state index in [1.807, 2.05) is 12.1 Å². The Labute approximate surface area is 138 Å². The van der Waals surface area contributed by atoms with Crippen LogP contribution in [0.4, 0.5) is 0 Å². The zero-order valence-corrected chi connectivity index (χ0v) is 13.8. The topological polar surface area (TPSA) is 15.3 Å². The molecule has 1 saturated heterocycles. The fraction of sp³-hybridized carbons (Fsp3) is 0.368. The van der Waals surface area contributed by atoms with E-state index in [9.17, 15) is 0 Å². The molecule has 0 radical (unpaired) electrons. The summed E-state index contributed by atoms with van der Waals surface area (Å²) in [6.07, 6.45) is 2.50. The van der Waals surface area contributed by atoms with Gasteiger partial charge in [-0.3, -0.25) is 0 Å². The number of halogens is 1. The minimum atomic E-state index is 0.218. The van der Waals surface area contributed by atoms with E-state index in [1.165, 1.54) is 30.5 Å². The third-order valence-electron chi connectivity index (χ3n) is 4.36. The van der Waals surface area contributed by atoms with Crippen molar-refractivity contribution in [3.63, 3.8) is 0 Å². The maximum absolute atomic E-state index is 6.05. The van der Waals surface area contributed by atoms with Gasteiger partial charge in [0.2, 0.25) is 0 Å². The highest BCUT2D eigenvalue weighted by molar-refractivity contribution is 6.30. The third-order valence-corrected chi connectivity index (χ3v) is 4.62. The van der Waals surface area contributed by atoms with Gasteiger partial charge in [0.05, 0.1) is 6.04 Å². The third kappa shape index (κ3) is 3.89. The van der Waals surface area contributed by atoms with Gasteiger partial charge in [0, 0.05) is 17.6 Å². The Morgan fingerprint density at radius 3 is 2.41 bits per heavy atom. The van der Waals surface area contributed by atoms with Crippen LogP contribution in [-0.2, 0) is 0 Å². The molecule has 0 aliphatic carbocycles. The van der Waals surface area contributed by atoms with Gasteiger partial charge >= 0.3 is 0 Å². The summed E-state index contributed by atoms with van der Waals surface area (Å²) in [4.78, 5) is 2.41. The van der Waals surface area contributed by atoms with Crippen LogP contribution in [0.5, 0.6) is 0 Å². The molecule has 0 bridgehead atoms. The summed E-state index contributed by atoms with van der Waals surface area (Å²) in [6.45, 7) is 2.31. The Morgan fingerprint density at radius 2 is 1.73 bits per heavy atom. The molecule has 0 aromatic heterocycles. The molecule has 0 spiro atoms. The minimum Gasteiger partial charge on any atom is -0.305 e. The number of rotatable bonds is 4. The first-order valence-corrected chi connectivity index (χ1v) is 8.35. The van der Waals surface area contributed by atoms with Crippen molar-refractivity contribution < 1.29 is 0 Å². The van der Waals surface area contributed by atoms with Crippen LogP contribution >= 0.6 is 11.6 Å². The maximum Gasteiger partial charge on any atom is 0.0579 e. The first-order valence-electron chi connectivity index (χ1n) is 7.97. The minimum absolute atomic E-state index is 0.218. The summed E-state index contributed by atoms with van der Waals surface area (Å²) >= 11 is 6.05. The van der Waals surface area contributed by atoms with Crippen LogP contribution in [0.25, 0.3) is 0 Å². The summed E-state index contributed by atoms with van der Waals surface area (Å²) in [5, 5.41) is 4.64. The van der Waals surface area contributed by atoms with Gasteiger partial charge in [0.25, 0.3) is 0 Å². The van der Waals surface area contributed by atoms with Crippen molar-refractivity contribution in [2.45, 2.75) is 24.9 Å². The smallest absolute Gasteiger partial charge is 0.0579 e. The van der Waals surface area contributed by atoms with Crippen LogP contribution in [0.15, 0.2) is 54.6 Å². The SMILES string of the molecule is CN1CCC[C@@H](N[C@H](c2ccccc2)c2ccc(Cl)cc2)C1. The van der Waals surface area contributed by atoms with E-state index in [0.29, 0.717) is 6.04 Å². The molecule has 22 heavy (non-hydrogen) atoms. The van der Waals surface area contributed by atoms with Crippen molar-refractivity contribution in [3.05, 3.63) is 70.7 Å². The molecule has 2 aromatic carbocycles. The summed E-state index contributed by atoms with van der Waals surface area (Å²) in [5.74, 6) is 0. The van der Waals surface area contributed by atoms with Gasteiger partial charge < -0.3 is 10.2 Å².